The molecule has 3 heterocycles. The van der Waals surface area contributed by atoms with Crippen molar-refractivity contribution in [1.29, 1.82) is 0 Å². The molecule has 3 N–H and O–H groups in total. The molecule has 0 spiro atoms. The molecule has 0 radical (unpaired) electrons. The Morgan fingerprint density at radius 3 is 2.57 bits per heavy atom. The van der Waals surface area contributed by atoms with E-state index >= 15 is 0 Å². The molecule has 196 valence electrons. The van der Waals surface area contributed by atoms with E-state index in [1.165, 1.54) is 7.11 Å². The van der Waals surface area contributed by atoms with Crippen LogP contribution in [0.3, 0.4) is 0 Å². The number of hydrogen-bond acceptors (Lipinski definition) is 7. The zero-order valence-electron chi connectivity index (χ0n) is 20.0. The standard InChI is InChI=1S/C25H24N4O5S.2ClH/c1-33-22-10-18(23-19(14-28-25(23)30)24(22)34-35(2,31)32)21-9-17-8-15(5-6-20(17)29-21)11-27-13-16-4-3-7-26-12-16;;/h3-10,12,27,29H,11,13-14H2,1-2H3,(H,28,30);2*1H. The van der Waals surface area contributed by atoms with Crippen LogP contribution in [0.2, 0.25) is 0 Å². The van der Waals surface area contributed by atoms with Crippen molar-refractivity contribution in [3.05, 3.63) is 77.1 Å². The van der Waals surface area contributed by atoms with Gasteiger partial charge >= 0.3 is 10.1 Å². The van der Waals surface area contributed by atoms with Crippen molar-refractivity contribution in [3.8, 4) is 22.8 Å². The Labute approximate surface area is 226 Å². The molecule has 0 fully saturated rings. The zero-order chi connectivity index (χ0) is 24.6. The Hall–Kier alpha value is -3.31. The number of fused-ring (bicyclic) bond motifs is 2. The van der Waals surface area contributed by atoms with E-state index in [1.807, 2.05) is 36.5 Å². The molecular formula is C25H26Cl2N4O5S. The number of nitrogens with one attached hydrogen (secondary N) is 3. The van der Waals surface area contributed by atoms with E-state index in [0.29, 0.717) is 29.8 Å². The van der Waals surface area contributed by atoms with Gasteiger partial charge in [0.2, 0.25) is 0 Å². The third-order valence-corrected chi connectivity index (χ3v) is 6.28. The van der Waals surface area contributed by atoms with Crippen LogP contribution in [0.25, 0.3) is 22.2 Å². The van der Waals surface area contributed by atoms with Crippen LogP contribution in [0.5, 0.6) is 11.5 Å². The van der Waals surface area contributed by atoms with E-state index in [4.69, 9.17) is 8.92 Å². The van der Waals surface area contributed by atoms with Crippen LogP contribution in [-0.2, 0) is 29.8 Å². The highest BCUT2D eigenvalue weighted by Crippen LogP contribution is 2.43. The Morgan fingerprint density at radius 1 is 1.08 bits per heavy atom. The first-order valence-electron chi connectivity index (χ1n) is 11.0. The van der Waals surface area contributed by atoms with Crippen molar-refractivity contribution in [2.24, 2.45) is 0 Å². The van der Waals surface area contributed by atoms with Gasteiger partial charge in [0.15, 0.2) is 11.5 Å². The van der Waals surface area contributed by atoms with E-state index in [-0.39, 0.29) is 48.8 Å². The van der Waals surface area contributed by atoms with Gasteiger partial charge in [-0.15, -0.1) is 24.8 Å². The van der Waals surface area contributed by atoms with Crippen LogP contribution >= 0.6 is 24.8 Å². The van der Waals surface area contributed by atoms with Gasteiger partial charge in [-0.25, -0.2) is 0 Å². The number of pyridine rings is 1. The minimum Gasteiger partial charge on any atom is -0.493 e. The lowest BCUT2D eigenvalue weighted by atomic mass is 9.98. The van der Waals surface area contributed by atoms with Crippen LogP contribution < -0.4 is 19.6 Å². The number of amides is 1. The third kappa shape index (κ3) is 5.99. The molecule has 1 aliphatic heterocycles. The fraction of sp³-hybridized carbons (Fsp3) is 0.200. The molecule has 0 bridgehead atoms. The van der Waals surface area contributed by atoms with Gasteiger partial charge in [-0.05, 0) is 41.5 Å². The molecule has 1 aliphatic rings. The predicted molar refractivity (Wildman–Crippen MR) is 146 cm³/mol. The Morgan fingerprint density at radius 2 is 1.86 bits per heavy atom. The van der Waals surface area contributed by atoms with Gasteiger partial charge in [-0.3, -0.25) is 9.78 Å². The largest absolute Gasteiger partial charge is 0.493 e. The lowest BCUT2D eigenvalue weighted by molar-refractivity contribution is 0.0966. The van der Waals surface area contributed by atoms with Crippen LogP contribution in [0.4, 0.5) is 0 Å². The Kier molecular flexibility index (Phi) is 8.70. The summed E-state index contributed by atoms with van der Waals surface area (Å²) < 4.78 is 34.2. The number of carbonyl (C=O) groups excluding carboxylic acids is 1. The smallest absolute Gasteiger partial charge is 0.306 e. The number of ether oxygens (including phenoxy) is 1. The molecule has 12 heteroatoms. The average molecular weight is 565 g/mol. The first kappa shape index (κ1) is 28.3. The molecule has 0 unspecified atom stereocenters. The van der Waals surface area contributed by atoms with Crippen molar-refractivity contribution < 1.29 is 22.1 Å². The molecule has 37 heavy (non-hydrogen) atoms. The molecule has 2 aromatic heterocycles. The number of H-pyrrole nitrogens is 1. The van der Waals surface area contributed by atoms with Crippen molar-refractivity contribution in [1.82, 2.24) is 20.6 Å². The van der Waals surface area contributed by atoms with E-state index in [1.54, 1.807) is 12.3 Å². The maximum atomic E-state index is 12.7. The second-order valence-corrected chi connectivity index (χ2v) is 9.92. The van der Waals surface area contributed by atoms with E-state index in [0.717, 1.165) is 34.0 Å². The highest BCUT2D eigenvalue weighted by molar-refractivity contribution is 7.86. The first-order valence-corrected chi connectivity index (χ1v) is 12.8. The minimum atomic E-state index is -3.81. The number of benzene rings is 2. The summed E-state index contributed by atoms with van der Waals surface area (Å²) in [6, 6.07) is 13.7. The maximum Gasteiger partial charge on any atom is 0.306 e. The summed E-state index contributed by atoms with van der Waals surface area (Å²) in [6.07, 6.45) is 4.54. The fourth-order valence-corrected chi connectivity index (χ4v) is 4.76. The van der Waals surface area contributed by atoms with Crippen molar-refractivity contribution in [3.63, 3.8) is 0 Å². The quantitative estimate of drug-likeness (QED) is 0.277. The number of aromatic amines is 1. The number of hydrogen-bond donors (Lipinski definition) is 3. The fourth-order valence-electron chi connectivity index (χ4n) is 4.28. The molecule has 0 aliphatic carbocycles. The van der Waals surface area contributed by atoms with Gasteiger partial charge in [-0.2, -0.15) is 8.42 Å². The first-order chi connectivity index (χ1) is 16.8. The minimum absolute atomic E-state index is 0. The van der Waals surface area contributed by atoms with E-state index in [2.05, 4.69) is 26.7 Å². The number of carbonyl (C=O) groups is 1. The van der Waals surface area contributed by atoms with Crippen molar-refractivity contribution in [2.45, 2.75) is 19.6 Å². The summed E-state index contributed by atoms with van der Waals surface area (Å²) >= 11 is 0. The van der Waals surface area contributed by atoms with Gasteiger partial charge in [0.25, 0.3) is 5.91 Å². The Bertz CT molecular complexity index is 1540. The topological polar surface area (TPSA) is 122 Å². The molecule has 1 amide bonds. The van der Waals surface area contributed by atoms with E-state index < -0.39 is 10.1 Å². The number of nitrogens with zero attached hydrogens (tertiary/aromatic N) is 1. The SMILES string of the molecule is COc1cc(-c2cc3cc(CNCc4cccnc4)ccc3[nH]2)c2c(c1OS(C)(=O)=O)CNC2=O.Cl.Cl. The van der Waals surface area contributed by atoms with Crippen LogP contribution in [-0.4, -0.2) is 37.7 Å². The molecule has 0 atom stereocenters. The number of rotatable bonds is 8. The van der Waals surface area contributed by atoms with Gasteiger partial charge < -0.3 is 24.5 Å². The number of methoxy groups -OCH3 is 1. The zero-order valence-corrected chi connectivity index (χ0v) is 22.5. The molecule has 4 aromatic rings. The molecule has 0 saturated carbocycles. The van der Waals surface area contributed by atoms with Crippen LogP contribution in [0.1, 0.15) is 27.0 Å². The highest BCUT2D eigenvalue weighted by atomic mass is 35.5. The molecule has 9 nitrogen and oxygen atoms in total. The Balaban J connectivity index is 0.00000190. The lowest BCUT2D eigenvalue weighted by Gasteiger charge is -2.15. The van der Waals surface area contributed by atoms with Gasteiger partial charge in [0.1, 0.15) is 0 Å². The van der Waals surface area contributed by atoms with Crippen LogP contribution in [0, 0.1) is 0 Å². The number of aromatic nitrogens is 2. The summed E-state index contributed by atoms with van der Waals surface area (Å²) in [4.78, 5) is 20.2. The predicted octanol–water partition coefficient (Wildman–Crippen LogP) is 3.95. The normalized spacial score (nSPS) is 12.3. The summed E-state index contributed by atoms with van der Waals surface area (Å²) in [5.41, 5.74) is 5.30. The summed E-state index contributed by atoms with van der Waals surface area (Å²) in [5, 5.41) is 7.16. The van der Waals surface area contributed by atoms with Gasteiger partial charge in [0.05, 0.1) is 18.9 Å². The summed E-state index contributed by atoms with van der Waals surface area (Å²) in [6.45, 7) is 1.55. The second kappa shape index (κ2) is 11.4. The molecule has 0 saturated heterocycles. The van der Waals surface area contributed by atoms with Gasteiger partial charge in [0, 0.05) is 59.8 Å². The van der Waals surface area contributed by atoms with Gasteiger partial charge in [-0.1, -0.05) is 12.1 Å². The van der Waals surface area contributed by atoms with Crippen molar-refractivity contribution in [2.75, 3.05) is 13.4 Å². The van der Waals surface area contributed by atoms with Crippen molar-refractivity contribution >= 4 is 51.7 Å². The molecule has 2 aromatic carbocycles. The second-order valence-electron chi connectivity index (χ2n) is 8.35. The third-order valence-electron chi connectivity index (χ3n) is 5.81. The average Bonchev–Trinajstić information content (AvgIpc) is 3.43. The maximum absolute atomic E-state index is 12.7. The molecular weight excluding hydrogens is 539 g/mol. The van der Waals surface area contributed by atoms with E-state index in [9.17, 15) is 13.2 Å². The lowest BCUT2D eigenvalue weighted by Crippen LogP contribution is -2.13. The van der Waals surface area contributed by atoms with Crippen LogP contribution in [0.15, 0.2) is 54.9 Å². The summed E-state index contributed by atoms with van der Waals surface area (Å²) in [5.74, 6) is -0.0280. The highest BCUT2D eigenvalue weighted by Gasteiger charge is 2.31. The molecule has 5 rings (SSSR count). The number of halogens is 2. The monoisotopic (exact) mass is 564 g/mol. The summed E-state index contributed by atoms with van der Waals surface area (Å²) in [7, 11) is -2.38.